The van der Waals surface area contributed by atoms with Crippen molar-refractivity contribution < 1.29 is 9.32 Å². The molecule has 1 rings (SSSR count). The van der Waals surface area contributed by atoms with Gasteiger partial charge in [0.2, 0.25) is 0 Å². The number of carbonyl (C=O) groups is 1. The summed E-state index contributed by atoms with van der Waals surface area (Å²) in [6, 6.07) is 0. The van der Waals surface area contributed by atoms with Crippen molar-refractivity contribution in [2.45, 2.75) is 12.0 Å². The largest absolute Gasteiger partial charge is 0.450 e. The Morgan fingerprint density at radius 2 is 2.60 bits per heavy atom. The highest BCUT2D eigenvalue weighted by Crippen LogP contribution is 2.42. The van der Waals surface area contributed by atoms with Crippen molar-refractivity contribution >= 4 is 15.4 Å². The highest BCUT2D eigenvalue weighted by Gasteiger charge is 2.56. The maximum absolute atomic E-state index is 10.8. The lowest BCUT2D eigenvalue weighted by atomic mass is 10.2. The van der Waals surface area contributed by atoms with Gasteiger partial charge < -0.3 is 10.3 Å². The van der Waals surface area contributed by atoms with Crippen molar-refractivity contribution in [1.82, 2.24) is 0 Å². The SMILES string of the molecule is C=CC1CC1(N)C(=O)OP. The number of hydrogen-bond acceptors (Lipinski definition) is 3. The molecule has 0 aromatic carbocycles. The van der Waals surface area contributed by atoms with E-state index >= 15 is 0 Å². The van der Waals surface area contributed by atoms with Crippen LogP contribution in [-0.4, -0.2) is 11.5 Å². The molecular formula is C6H10NO2P. The Labute approximate surface area is 61.9 Å². The van der Waals surface area contributed by atoms with E-state index in [9.17, 15) is 4.79 Å². The van der Waals surface area contributed by atoms with Crippen molar-refractivity contribution in [1.29, 1.82) is 0 Å². The second-order valence-electron chi connectivity index (χ2n) is 2.49. The van der Waals surface area contributed by atoms with Crippen LogP contribution in [0.15, 0.2) is 12.7 Å². The topological polar surface area (TPSA) is 52.3 Å². The van der Waals surface area contributed by atoms with Gasteiger partial charge in [0.1, 0.15) is 5.54 Å². The van der Waals surface area contributed by atoms with Gasteiger partial charge in [0, 0.05) is 5.92 Å². The molecular weight excluding hydrogens is 149 g/mol. The molecule has 56 valence electrons. The molecule has 1 fully saturated rings. The summed E-state index contributed by atoms with van der Waals surface area (Å²) in [6.07, 6.45) is 2.34. The molecule has 0 aromatic heterocycles. The molecule has 4 heteroatoms. The van der Waals surface area contributed by atoms with Crippen molar-refractivity contribution in [2.24, 2.45) is 11.7 Å². The quantitative estimate of drug-likeness (QED) is 0.463. The molecule has 0 heterocycles. The molecule has 0 radical (unpaired) electrons. The zero-order valence-corrected chi connectivity index (χ0v) is 6.69. The van der Waals surface area contributed by atoms with E-state index in [1.165, 1.54) is 0 Å². The Morgan fingerprint density at radius 1 is 2.00 bits per heavy atom. The Hall–Kier alpha value is -0.400. The van der Waals surface area contributed by atoms with Crippen LogP contribution in [0.2, 0.25) is 0 Å². The molecule has 1 aliphatic carbocycles. The first-order chi connectivity index (χ1) is 4.65. The van der Waals surface area contributed by atoms with Crippen LogP contribution in [0.1, 0.15) is 6.42 Å². The minimum absolute atomic E-state index is 0.0977. The molecule has 0 bridgehead atoms. The van der Waals surface area contributed by atoms with Gasteiger partial charge in [0.15, 0.2) is 0 Å². The highest BCUT2D eigenvalue weighted by atomic mass is 31.0. The Kier molecular flexibility index (Phi) is 1.80. The van der Waals surface area contributed by atoms with Crippen LogP contribution in [0.3, 0.4) is 0 Å². The van der Waals surface area contributed by atoms with E-state index in [2.05, 4.69) is 11.1 Å². The van der Waals surface area contributed by atoms with E-state index in [1.54, 1.807) is 6.08 Å². The first-order valence-electron chi connectivity index (χ1n) is 2.97. The minimum Gasteiger partial charge on any atom is -0.450 e. The Bertz CT molecular complexity index is 183. The molecule has 10 heavy (non-hydrogen) atoms. The first kappa shape index (κ1) is 7.70. The van der Waals surface area contributed by atoms with Gasteiger partial charge in [-0.15, -0.1) is 6.58 Å². The summed E-state index contributed by atoms with van der Waals surface area (Å²) in [4.78, 5) is 10.8. The first-order valence-corrected chi connectivity index (χ1v) is 3.45. The van der Waals surface area contributed by atoms with Crippen molar-refractivity contribution in [3.63, 3.8) is 0 Å². The van der Waals surface area contributed by atoms with E-state index in [1.807, 2.05) is 9.47 Å². The van der Waals surface area contributed by atoms with Gasteiger partial charge >= 0.3 is 5.97 Å². The van der Waals surface area contributed by atoms with Crippen LogP contribution in [0.4, 0.5) is 0 Å². The standard InChI is InChI=1S/C6H10NO2P/c1-2-4-3-6(4,7)5(8)9-10/h2,4H,1,3,7,10H2. The predicted molar refractivity (Wildman–Crippen MR) is 41.0 cm³/mol. The average Bonchev–Trinajstić information content (AvgIpc) is 2.61. The second kappa shape index (κ2) is 2.33. The summed E-state index contributed by atoms with van der Waals surface area (Å²) < 4.78 is 4.41. The highest BCUT2D eigenvalue weighted by molar-refractivity contribution is 7.10. The van der Waals surface area contributed by atoms with Crippen molar-refractivity contribution in [3.05, 3.63) is 12.7 Å². The summed E-state index contributed by atoms with van der Waals surface area (Å²) in [7, 11) is 1.89. The third-order valence-corrected chi connectivity index (χ3v) is 2.04. The van der Waals surface area contributed by atoms with Crippen molar-refractivity contribution in [2.75, 3.05) is 0 Å². The number of carbonyl (C=O) groups excluding carboxylic acids is 1. The van der Waals surface area contributed by atoms with Crippen LogP contribution in [0, 0.1) is 5.92 Å². The van der Waals surface area contributed by atoms with Gasteiger partial charge in [-0.1, -0.05) is 6.08 Å². The Balaban J connectivity index is 2.58. The van der Waals surface area contributed by atoms with Crippen molar-refractivity contribution in [3.8, 4) is 0 Å². The average molecular weight is 159 g/mol. The van der Waals surface area contributed by atoms with E-state index in [0.717, 1.165) is 0 Å². The zero-order chi connectivity index (χ0) is 7.78. The lowest BCUT2D eigenvalue weighted by molar-refractivity contribution is -0.135. The molecule has 3 atom stereocenters. The fourth-order valence-corrected chi connectivity index (χ4v) is 1.16. The summed E-state index contributed by atoms with van der Waals surface area (Å²) in [5, 5.41) is 0. The van der Waals surface area contributed by atoms with E-state index in [0.29, 0.717) is 6.42 Å². The summed E-state index contributed by atoms with van der Waals surface area (Å²) in [5.41, 5.74) is 4.82. The normalized spacial score (nSPS) is 36.8. The number of rotatable bonds is 2. The molecule has 0 saturated heterocycles. The van der Waals surface area contributed by atoms with E-state index in [-0.39, 0.29) is 11.9 Å². The summed E-state index contributed by atoms with van der Waals surface area (Å²) >= 11 is 0. The molecule has 1 saturated carbocycles. The third-order valence-electron chi connectivity index (χ3n) is 1.83. The van der Waals surface area contributed by atoms with Gasteiger partial charge in [-0.3, -0.25) is 0 Å². The number of nitrogens with two attached hydrogens (primary N) is 1. The van der Waals surface area contributed by atoms with Crippen LogP contribution in [0.25, 0.3) is 0 Å². The molecule has 0 aliphatic heterocycles. The zero-order valence-electron chi connectivity index (χ0n) is 5.54. The van der Waals surface area contributed by atoms with Crippen LogP contribution in [0.5, 0.6) is 0 Å². The lowest BCUT2D eigenvalue weighted by Crippen LogP contribution is -2.35. The fourth-order valence-electron chi connectivity index (χ4n) is 0.943. The molecule has 0 aromatic rings. The van der Waals surface area contributed by atoms with Crippen LogP contribution < -0.4 is 5.73 Å². The summed E-state index contributed by atoms with van der Waals surface area (Å²) in [6.45, 7) is 3.54. The Morgan fingerprint density at radius 3 is 2.90 bits per heavy atom. The lowest BCUT2D eigenvalue weighted by Gasteiger charge is -2.04. The van der Waals surface area contributed by atoms with Gasteiger partial charge in [0.25, 0.3) is 0 Å². The predicted octanol–water partition coefficient (Wildman–Crippen LogP) is 0.223. The molecule has 1 aliphatic rings. The van der Waals surface area contributed by atoms with Crippen LogP contribution in [-0.2, 0) is 9.32 Å². The fraction of sp³-hybridized carbons (Fsp3) is 0.500. The van der Waals surface area contributed by atoms with Gasteiger partial charge in [-0.2, -0.15) is 0 Å². The summed E-state index contributed by atoms with van der Waals surface area (Å²) in [5.74, 6) is -0.275. The maximum Gasteiger partial charge on any atom is 0.328 e. The van der Waals surface area contributed by atoms with Gasteiger partial charge in [-0.05, 0) is 6.42 Å². The molecule has 2 N–H and O–H groups in total. The van der Waals surface area contributed by atoms with Gasteiger partial charge in [-0.25, -0.2) is 4.79 Å². The molecule has 3 unspecified atom stereocenters. The minimum atomic E-state index is -0.774. The number of hydrogen-bond donors (Lipinski definition) is 1. The second-order valence-corrected chi connectivity index (χ2v) is 2.73. The smallest absolute Gasteiger partial charge is 0.328 e. The third kappa shape index (κ3) is 0.957. The van der Waals surface area contributed by atoms with E-state index in [4.69, 9.17) is 5.73 Å². The molecule has 0 spiro atoms. The van der Waals surface area contributed by atoms with Crippen LogP contribution >= 0.6 is 9.47 Å². The molecule has 0 amide bonds. The maximum atomic E-state index is 10.8. The monoisotopic (exact) mass is 159 g/mol. The van der Waals surface area contributed by atoms with Gasteiger partial charge in [0.05, 0.1) is 9.47 Å². The van der Waals surface area contributed by atoms with E-state index < -0.39 is 5.54 Å². The molecule has 3 nitrogen and oxygen atoms in total.